The lowest BCUT2D eigenvalue weighted by atomic mass is 9.81. The van der Waals surface area contributed by atoms with E-state index in [1.165, 1.54) is 0 Å². The highest BCUT2D eigenvalue weighted by atomic mass is 16.2. The average Bonchev–Trinajstić information content (AvgIpc) is 3.02. The maximum atomic E-state index is 13.2. The zero-order valence-corrected chi connectivity index (χ0v) is 23.0. The molecule has 8 heteroatoms. The molecule has 8 nitrogen and oxygen atoms in total. The lowest BCUT2D eigenvalue weighted by Gasteiger charge is -2.27. The van der Waals surface area contributed by atoms with E-state index >= 15 is 0 Å². The van der Waals surface area contributed by atoms with Crippen molar-refractivity contribution in [3.8, 4) is 0 Å². The van der Waals surface area contributed by atoms with E-state index in [4.69, 9.17) is 0 Å². The number of rotatable bonds is 8. The molecule has 0 saturated heterocycles. The highest BCUT2D eigenvalue weighted by molar-refractivity contribution is 6.11. The molecule has 4 aromatic rings. The molecule has 0 heterocycles. The van der Waals surface area contributed by atoms with Crippen molar-refractivity contribution in [3.63, 3.8) is 0 Å². The Labute approximate surface area is 244 Å². The van der Waals surface area contributed by atoms with Crippen LogP contribution in [0.5, 0.6) is 0 Å². The van der Waals surface area contributed by atoms with E-state index in [-0.39, 0.29) is 35.5 Å². The molecule has 42 heavy (non-hydrogen) atoms. The third-order valence-electron chi connectivity index (χ3n) is 7.39. The topological polar surface area (TPSA) is 116 Å². The van der Waals surface area contributed by atoms with Crippen molar-refractivity contribution in [2.75, 3.05) is 21.3 Å². The zero-order chi connectivity index (χ0) is 29.3. The number of hydrogen-bond acceptors (Lipinski definition) is 4. The molecule has 0 radical (unpaired) electrons. The largest absolute Gasteiger partial charge is 0.325 e. The van der Waals surface area contributed by atoms with Gasteiger partial charge in [0.05, 0.1) is 22.5 Å². The molecule has 5 rings (SSSR count). The van der Waals surface area contributed by atoms with Crippen LogP contribution in [-0.2, 0) is 9.59 Å². The van der Waals surface area contributed by atoms with Crippen molar-refractivity contribution in [2.24, 2.45) is 11.8 Å². The quantitative estimate of drug-likeness (QED) is 0.195. The minimum absolute atomic E-state index is 0.170. The van der Waals surface area contributed by atoms with E-state index < -0.39 is 0 Å². The summed E-state index contributed by atoms with van der Waals surface area (Å²) in [6.07, 6.45) is 2.16. The minimum atomic E-state index is -0.310. The van der Waals surface area contributed by atoms with Crippen LogP contribution in [0.3, 0.4) is 0 Å². The second-order valence-electron chi connectivity index (χ2n) is 10.3. The molecule has 1 aliphatic rings. The van der Waals surface area contributed by atoms with Gasteiger partial charge in [-0.15, -0.1) is 0 Å². The van der Waals surface area contributed by atoms with Gasteiger partial charge in [0.15, 0.2) is 0 Å². The normalized spacial score (nSPS) is 16.1. The number of nitrogens with one attached hydrogen (secondary N) is 4. The molecule has 1 aliphatic carbocycles. The predicted octanol–water partition coefficient (Wildman–Crippen LogP) is 6.57. The molecule has 1 fully saturated rings. The van der Waals surface area contributed by atoms with Crippen LogP contribution in [0.1, 0.15) is 46.4 Å². The first-order valence-electron chi connectivity index (χ1n) is 14.0. The van der Waals surface area contributed by atoms with Crippen LogP contribution in [0.2, 0.25) is 0 Å². The Bertz CT molecular complexity index is 1450. The molecular weight excluding hydrogens is 528 g/mol. The van der Waals surface area contributed by atoms with Crippen molar-refractivity contribution in [1.82, 2.24) is 0 Å². The van der Waals surface area contributed by atoms with Crippen molar-refractivity contribution < 1.29 is 19.2 Å². The molecular formula is C34H32N4O4. The van der Waals surface area contributed by atoms with Crippen molar-refractivity contribution in [3.05, 3.63) is 120 Å². The second kappa shape index (κ2) is 13.4. The first-order valence-corrected chi connectivity index (χ1v) is 14.0. The Balaban J connectivity index is 1.16. The summed E-state index contributed by atoms with van der Waals surface area (Å²) in [5, 5.41) is 11.6. The van der Waals surface area contributed by atoms with Gasteiger partial charge in [0.1, 0.15) is 0 Å². The molecule has 1 saturated carbocycles. The van der Waals surface area contributed by atoms with Gasteiger partial charge in [0, 0.05) is 23.2 Å². The summed E-state index contributed by atoms with van der Waals surface area (Å²) in [4.78, 5) is 52.1. The molecule has 4 N–H and O–H groups in total. The van der Waals surface area contributed by atoms with Crippen LogP contribution in [0.4, 0.5) is 22.7 Å². The number of benzene rings is 4. The maximum Gasteiger partial charge on any atom is 0.257 e. The number of amides is 4. The van der Waals surface area contributed by atoms with Crippen LogP contribution in [0, 0.1) is 11.8 Å². The van der Waals surface area contributed by atoms with Gasteiger partial charge in [-0.25, -0.2) is 0 Å². The molecule has 0 spiro atoms. The van der Waals surface area contributed by atoms with Gasteiger partial charge < -0.3 is 21.3 Å². The van der Waals surface area contributed by atoms with E-state index in [1.807, 2.05) is 36.4 Å². The smallest absolute Gasteiger partial charge is 0.257 e. The summed E-state index contributed by atoms with van der Waals surface area (Å²) in [5.41, 5.74) is 2.97. The number of carbonyl (C=O) groups excluding carboxylic acids is 4. The minimum Gasteiger partial charge on any atom is -0.325 e. The molecule has 0 bridgehead atoms. The van der Waals surface area contributed by atoms with E-state index in [9.17, 15) is 19.2 Å². The van der Waals surface area contributed by atoms with Crippen LogP contribution >= 0.6 is 0 Å². The van der Waals surface area contributed by atoms with Crippen LogP contribution in [0.25, 0.3) is 0 Å². The van der Waals surface area contributed by atoms with E-state index in [0.717, 1.165) is 0 Å². The van der Waals surface area contributed by atoms with Crippen molar-refractivity contribution >= 4 is 46.4 Å². The first-order chi connectivity index (χ1) is 20.5. The maximum absolute atomic E-state index is 13.2. The van der Waals surface area contributed by atoms with Crippen molar-refractivity contribution in [2.45, 2.75) is 25.7 Å². The first kappa shape index (κ1) is 28.3. The molecule has 0 aliphatic heterocycles. The Morgan fingerprint density at radius 2 is 0.762 bits per heavy atom. The molecule has 0 aromatic heterocycles. The summed E-state index contributed by atoms with van der Waals surface area (Å²) < 4.78 is 0. The molecule has 4 amide bonds. The van der Waals surface area contributed by atoms with Gasteiger partial charge in [-0.05, 0) is 74.2 Å². The molecule has 0 unspecified atom stereocenters. The van der Waals surface area contributed by atoms with Gasteiger partial charge in [-0.3, -0.25) is 19.2 Å². The molecule has 4 aromatic carbocycles. The van der Waals surface area contributed by atoms with Gasteiger partial charge in [0.2, 0.25) is 11.8 Å². The summed E-state index contributed by atoms with van der Waals surface area (Å²) in [6.45, 7) is 0. The number of carbonyl (C=O) groups is 4. The van der Waals surface area contributed by atoms with Crippen molar-refractivity contribution in [1.29, 1.82) is 0 Å². The summed E-state index contributed by atoms with van der Waals surface area (Å²) in [5.74, 6) is -1.51. The fourth-order valence-corrected chi connectivity index (χ4v) is 5.11. The Morgan fingerprint density at radius 3 is 1.14 bits per heavy atom. The lowest BCUT2D eigenvalue weighted by molar-refractivity contribution is -0.125. The van der Waals surface area contributed by atoms with Crippen LogP contribution in [0.15, 0.2) is 109 Å². The summed E-state index contributed by atoms with van der Waals surface area (Å²) in [6, 6.07) is 32.1. The fraction of sp³-hybridized carbons (Fsp3) is 0.176. The summed E-state index contributed by atoms with van der Waals surface area (Å²) >= 11 is 0. The average molecular weight is 561 g/mol. The number of para-hydroxylation sites is 4. The SMILES string of the molecule is O=C(Nc1ccccc1)c1ccccc1NC(=O)C1CCC(C(=O)Nc2ccccc2C(=O)Nc2ccccc2)CC1. The monoisotopic (exact) mass is 560 g/mol. The van der Waals surface area contributed by atoms with E-state index in [0.29, 0.717) is 59.6 Å². The Morgan fingerprint density at radius 1 is 0.429 bits per heavy atom. The summed E-state index contributed by atoms with van der Waals surface area (Å²) in [7, 11) is 0. The van der Waals surface area contributed by atoms with E-state index in [1.54, 1.807) is 72.8 Å². The zero-order valence-electron chi connectivity index (χ0n) is 23.0. The van der Waals surface area contributed by atoms with E-state index in [2.05, 4.69) is 21.3 Å². The molecule has 212 valence electrons. The predicted molar refractivity (Wildman–Crippen MR) is 164 cm³/mol. The van der Waals surface area contributed by atoms with Crippen LogP contribution < -0.4 is 21.3 Å². The van der Waals surface area contributed by atoms with Crippen LogP contribution in [-0.4, -0.2) is 23.6 Å². The fourth-order valence-electron chi connectivity index (χ4n) is 5.11. The van der Waals surface area contributed by atoms with Gasteiger partial charge in [0.25, 0.3) is 11.8 Å². The Kier molecular flexibility index (Phi) is 9.03. The van der Waals surface area contributed by atoms with Gasteiger partial charge in [-0.2, -0.15) is 0 Å². The lowest BCUT2D eigenvalue weighted by Crippen LogP contribution is -2.32. The Hall–Kier alpha value is -5.24. The number of anilines is 4. The third kappa shape index (κ3) is 7.09. The number of hydrogen-bond donors (Lipinski definition) is 4. The highest BCUT2D eigenvalue weighted by Gasteiger charge is 2.31. The third-order valence-corrected chi connectivity index (χ3v) is 7.39. The second-order valence-corrected chi connectivity index (χ2v) is 10.3. The standard InChI is InChI=1S/C34H32N4O4/c39-31(37-29-17-9-7-15-27(29)33(41)35-25-11-3-1-4-12-25)23-19-21-24(22-20-23)32(40)38-30-18-10-8-16-28(30)34(42)36-26-13-5-2-6-14-26/h1-18,23-24H,19-22H2,(H,35,41)(H,36,42)(H,37,39)(H,38,40). The van der Waals surface area contributed by atoms with Gasteiger partial charge in [-0.1, -0.05) is 60.7 Å². The molecule has 0 atom stereocenters. The highest BCUT2D eigenvalue weighted by Crippen LogP contribution is 2.31. The van der Waals surface area contributed by atoms with Gasteiger partial charge >= 0.3 is 0 Å².